The first-order valence-electron chi connectivity index (χ1n) is 12.7. The van der Waals surface area contributed by atoms with Gasteiger partial charge in [0.2, 0.25) is 5.91 Å². The van der Waals surface area contributed by atoms with Gasteiger partial charge in [0.25, 0.3) is 5.91 Å². The average Bonchev–Trinajstić information content (AvgIpc) is 3.58. The summed E-state index contributed by atoms with van der Waals surface area (Å²) < 4.78 is 18.9. The zero-order valence-electron chi connectivity index (χ0n) is 22.5. The van der Waals surface area contributed by atoms with Crippen LogP contribution in [0, 0.1) is 6.92 Å². The van der Waals surface area contributed by atoms with Crippen molar-refractivity contribution < 1.29 is 28.6 Å². The second-order valence-corrected chi connectivity index (χ2v) is 8.94. The van der Waals surface area contributed by atoms with Gasteiger partial charge in [0.15, 0.2) is 12.4 Å². The van der Waals surface area contributed by atoms with Crippen molar-refractivity contribution in [3.05, 3.63) is 54.1 Å². The van der Waals surface area contributed by atoms with E-state index < -0.39 is 11.9 Å². The number of hydrogen-bond acceptors (Lipinski definition) is 8. The molecular weight excluding hydrogens is 506 g/mol. The Balaban J connectivity index is 1.31. The molecule has 1 N–H and O–H groups in total. The Morgan fingerprint density at radius 1 is 1.00 bits per heavy atom. The van der Waals surface area contributed by atoms with E-state index in [0.29, 0.717) is 49.9 Å². The van der Waals surface area contributed by atoms with Crippen LogP contribution >= 0.6 is 0 Å². The van der Waals surface area contributed by atoms with Gasteiger partial charge in [-0.3, -0.25) is 14.3 Å². The Morgan fingerprint density at radius 3 is 2.33 bits per heavy atom. The summed E-state index contributed by atoms with van der Waals surface area (Å²) in [5.74, 6) is 0.848. The third-order valence-electron chi connectivity index (χ3n) is 6.33. The van der Waals surface area contributed by atoms with Crippen LogP contribution in [0.25, 0.3) is 0 Å². The number of carbonyl (C=O) groups excluding carboxylic acids is 3. The SMILES string of the molecule is CCOC(=O)N1CCN(C(=O)C(C)n2cc(NC(=O)c3ccn(COc4ccc(OC)cc4)n3)c(C)n2)CC1. The van der Waals surface area contributed by atoms with Gasteiger partial charge in [0.05, 0.1) is 25.1 Å². The summed E-state index contributed by atoms with van der Waals surface area (Å²) in [5.41, 5.74) is 1.26. The van der Waals surface area contributed by atoms with Crippen LogP contribution in [0.2, 0.25) is 0 Å². The van der Waals surface area contributed by atoms with Gasteiger partial charge < -0.3 is 29.3 Å². The fourth-order valence-corrected chi connectivity index (χ4v) is 4.06. The quantitative estimate of drug-likeness (QED) is 0.439. The number of rotatable bonds is 9. The van der Waals surface area contributed by atoms with Crippen LogP contribution < -0.4 is 14.8 Å². The fraction of sp³-hybridized carbons (Fsp3) is 0.423. The molecule has 2 aromatic heterocycles. The molecule has 3 amide bonds. The number of benzene rings is 1. The van der Waals surface area contributed by atoms with Gasteiger partial charge >= 0.3 is 6.09 Å². The summed E-state index contributed by atoms with van der Waals surface area (Å²) in [7, 11) is 1.59. The third-order valence-corrected chi connectivity index (χ3v) is 6.33. The smallest absolute Gasteiger partial charge is 0.409 e. The van der Waals surface area contributed by atoms with Gasteiger partial charge in [-0.05, 0) is 51.1 Å². The summed E-state index contributed by atoms with van der Waals surface area (Å²) >= 11 is 0. The fourth-order valence-electron chi connectivity index (χ4n) is 4.06. The Labute approximate surface area is 226 Å². The van der Waals surface area contributed by atoms with Crippen LogP contribution in [0.3, 0.4) is 0 Å². The molecule has 1 atom stereocenters. The molecule has 3 heterocycles. The number of carbonyl (C=O) groups is 3. The number of aromatic nitrogens is 4. The van der Waals surface area contributed by atoms with E-state index in [2.05, 4.69) is 15.5 Å². The van der Waals surface area contributed by atoms with Crippen molar-refractivity contribution in [3.8, 4) is 11.5 Å². The molecule has 208 valence electrons. The Bertz CT molecular complexity index is 1290. The minimum Gasteiger partial charge on any atom is -0.497 e. The number of aryl methyl sites for hydroxylation is 1. The summed E-state index contributed by atoms with van der Waals surface area (Å²) in [5, 5.41) is 11.5. The van der Waals surface area contributed by atoms with Crippen LogP contribution in [0.1, 0.15) is 36.1 Å². The van der Waals surface area contributed by atoms with Crippen molar-refractivity contribution in [2.45, 2.75) is 33.5 Å². The molecule has 0 saturated carbocycles. The lowest BCUT2D eigenvalue weighted by Crippen LogP contribution is -2.52. The van der Waals surface area contributed by atoms with Gasteiger partial charge in [0, 0.05) is 38.6 Å². The molecule has 1 aromatic carbocycles. The minimum atomic E-state index is -0.585. The molecule has 4 rings (SSSR count). The molecule has 0 spiro atoms. The highest BCUT2D eigenvalue weighted by molar-refractivity contribution is 6.03. The lowest BCUT2D eigenvalue weighted by molar-refractivity contribution is -0.136. The Kier molecular flexibility index (Phi) is 8.69. The van der Waals surface area contributed by atoms with Crippen molar-refractivity contribution in [1.29, 1.82) is 0 Å². The second kappa shape index (κ2) is 12.3. The van der Waals surface area contributed by atoms with Crippen LogP contribution in [-0.4, -0.2) is 87.2 Å². The average molecular weight is 540 g/mol. The molecule has 1 aliphatic heterocycles. The summed E-state index contributed by atoms with van der Waals surface area (Å²) in [6.45, 7) is 7.36. The molecular formula is C26H33N7O6. The lowest BCUT2D eigenvalue weighted by Gasteiger charge is -2.35. The van der Waals surface area contributed by atoms with Crippen LogP contribution in [0.4, 0.5) is 10.5 Å². The number of piperazine rings is 1. The summed E-state index contributed by atoms with van der Waals surface area (Å²) in [6, 6.07) is 8.16. The predicted molar refractivity (Wildman–Crippen MR) is 141 cm³/mol. The predicted octanol–water partition coefficient (Wildman–Crippen LogP) is 2.55. The standard InChI is InChI=1S/C26H33N7O6/c1-5-38-26(36)31-14-12-30(13-15-31)25(35)19(3)33-16-23(18(2)28-33)27-24(34)22-10-11-32(29-22)17-39-21-8-6-20(37-4)7-9-21/h6-11,16,19H,5,12-15,17H2,1-4H3,(H,27,34). The van der Waals surface area contributed by atoms with E-state index in [0.717, 1.165) is 5.75 Å². The first-order chi connectivity index (χ1) is 18.8. The molecule has 13 heteroatoms. The maximum Gasteiger partial charge on any atom is 0.409 e. The maximum absolute atomic E-state index is 13.1. The molecule has 13 nitrogen and oxygen atoms in total. The number of nitrogens with one attached hydrogen (secondary N) is 1. The van der Waals surface area contributed by atoms with Crippen molar-refractivity contribution in [3.63, 3.8) is 0 Å². The van der Waals surface area contributed by atoms with E-state index in [-0.39, 0.29) is 24.4 Å². The van der Waals surface area contributed by atoms with E-state index in [4.69, 9.17) is 14.2 Å². The summed E-state index contributed by atoms with van der Waals surface area (Å²) in [4.78, 5) is 41.1. The number of hydrogen-bond donors (Lipinski definition) is 1. The lowest BCUT2D eigenvalue weighted by atomic mass is 10.2. The maximum atomic E-state index is 13.1. The van der Waals surface area contributed by atoms with E-state index in [1.165, 1.54) is 9.36 Å². The number of methoxy groups -OCH3 is 1. The number of ether oxygens (including phenoxy) is 3. The molecule has 1 aliphatic rings. The zero-order chi connectivity index (χ0) is 27.9. The molecule has 0 radical (unpaired) electrons. The molecule has 3 aromatic rings. The van der Waals surface area contributed by atoms with E-state index in [9.17, 15) is 14.4 Å². The summed E-state index contributed by atoms with van der Waals surface area (Å²) in [6.07, 6.45) is 2.92. The second-order valence-electron chi connectivity index (χ2n) is 8.94. The molecule has 1 saturated heterocycles. The largest absolute Gasteiger partial charge is 0.497 e. The van der Waals surface area contributed by atoms with E-state index >= 15 is 0 Å². The van der Waals surface area contributed by atoms with Gasteiger partial charge in [0.1, 0.15) is 17.5 Å². The zero-order valence-corrected chi connectivity index (χ0v) is 22.5. The van der Waals surface area contributed by atoms with E-state index in [1.807, 2.05) is 0 Å². The Morgan fingerprint density at radius 2 is 1.67 bits per heavy atom. The normalized spacial score (nSPS) is 14.1. The first-order valence-corrected chi connectivity index (χ1v) is 12.7. The molecule has 0 aliphatic carbocycles. The van der Waals surface area contributed by atoms with E-state index in [1.54, 1.807) is 80.4 Å². The first kappa shape index (κ1) is 27.5. The van der Waals surface area contributed by atoms with Gasteiger partial charge in [-0.2, -0.15) is 10.2 Å². The third kappa shape index (κ3) is 6.67. The topological polar surface area (TPSA) is 133 Å². The molecule has 0 bridgehead atoms. The number of nitrogens with zero attached hydrogens (tertiary/aromatic N) is 6. The van der Waals surface area contributed by atoms with Crippen LogP contribution in [0.15, 0.2) is 42.7 Å². The van der Waals surface area contributed by atoms with Crippen molar-refractivity contribution in [1.82, 2.24) is 29.4 Å². The minimum absolute atomic E-state index is 0.116. The van der Waals surface area contributed by atoms with Crippen LogP contribution in [-0.2, 0) is 16.3 Å². The monoisotopic (exact) mass is 539 g/mol. The highest BCUT2D eigenvalue weighted by atomic mass is 16.6. The van der Waals surface area contributed by atoms with Crippen molar-refractivity contribution >= 4 is 23.6 Å². The van der Waals surface area contributed by atoms with Gasteiger partial charge in [-0.1, -0.05) is 0 Å². The molecule has 39 heavy (non-hydrogen) atoms. The van der Waals surface area contributed by atoms with Gasteiger partial charge in [-0.15, -0.1) is 0 Å². The highest BCUT2D eigenvalue weighted by Gasteiger charge is 2.29. The highest BCUT2D eigenvalue weighted by Crippen LogP contribution is 2.20. The molecule has 1 unspecified atom stereocenters. The van der Waals surface area contributed by atoms with Gasteiger partial charge in [-0.25, -0.2) is 9.48 Å². The van der Waals surface area contributed by atoms with Crippen molar-refractivity contribution in [2.75, 3.05) is 45.2 Å². The Hall–Kier alpha value is -4.55. The molecule has 1 fully saturated rings. The van der Waals surface area contributed by atoms with Crippen LogP contribution in [0.5, 0.6) is 11.5 Å². The van der Waals surface area contributed by atoms with Crippen molar-refractivity contribution in [2.24, 2.45) is 0 Å². The number of amides is 3. The number of anilines is 1.